The van der Waals surface area contributed by atoms with Gasteiger partial charge in [0.15, 0.2) is 6.61 Å². The summed E-state index contributed by atoms with van der Waals surface area (Å²) in [5.41, 5.74) is 4.17. The zero-order chi connectivity index (χ0) is 28.3. The van der Waals surface area contributed by atoms with Crippen LogP contribution in [0, 0.1) is 6.92 Å². The van der Waals surface area contributed by atoms with E-state index < -0.39 is 6.04 Å². The van der Waals surface area contributed by atoms with Crippen LogP contribution in [0.1, 0.15) is 49.3 Å². The quantitative estimate of drug-likeness (QED) is 0.327. The summed E-state index contributed by atoms with van der Waals surface area (Å²) in [4.78, 5) is 30.4. The van der Waals surface area contributed by atoms with E-state index >= 15 is 0 Å². The van der Waals surface area contributed by atoms with Gasteiger partial charge in [0.1, 0.15) is 17.5 Å². The van der Waals surface area contributed by atoms with Gasteiger partial charge in [-0.3, -0.25) is 9.59 Å². The van der Waals surface area contributed by atoms with Crippen molar-refractivity contribution in [2.75, 3.05) is 31.7 Å². The minimum Gasteiger partial charge on any atom is -0.493 e. The minimum atomic E-state index is -0.527. The van der Waals surface area contributed by atoms with Crippen LogP contribution in [0.2, 0.25) is 0 Å². The largest absolute Gasteiger partial charge is 0.493 e. The summed E-state index contributed by atoms with van der Waals surface area (Å²) >= 11 is 0. The van der Waals surface area contributed by atoms with Gasteiger partial charge in [0.05, 0.1) is 6.61 Å². The lowest BCUT2D eigenvalue weighted by atomic mass is 10.1. The lowest BCUT2D eigenvalue weighted by molar-refractivity contribution is -0.142. The van der Waals surface area contributed by atoms with Gasteiger partial charge in [0, 0.05) is 32.4 Å². The van der Waals surface area contributed by atoms with E-state index in [0.29, 0.717) is 38.4 Å². The van der Waals surface area contributed by atoms with Crippen molar-refractivity contribution in [2.45, 2.75) is 58.7 Å². The van der Waals surface area contributed by atoms with Crippen molar-refractivity contribution in [3.05, 3.63) is 89.5 Å². The highest BCUT2D eigenvalue weighted by Crippen LogP contribution is 2.23. The molecule has 0 aliphatic carbocycles. The monoisotopic (exact) mass is 543 g/mol. The van der Waals surface area contributed by atoms with E-state index in [1.165, 1.54) is 0 Å². The van der Waals surface area contributed by atoms with Gasteiger partial charge in [-0.05, 0) is 79.6 Å². The first-order valence-corrected chi connectivity index (χ1v) is 14.2. The van der Waals surface area contributed by atoms with Gasteiger partial charge < -0.3 is 24.6 Å². The topological polar surface area (TPSA) is 71.1 Å². The molecule has 7 heteroatoms. The number of carbonyl (C=O) groups is 2. The Morgan fingerprint density at radius 1 is 0.950 bits per heavy atom. The van der Waals surface area contributed by atoms with Crippen LogP contribution < -0.4 is 19.7 Å². The number of anilines is 1. The van der Waals surface area contributed by atoms with Crippen LogP contribution >= 0.6 is 0 Å². The summed E-state index contributed by atoms with van der Waals surface area (Å²) in [5, 5.41) is 2.97. The molecule has 40 heavy (non-hydrogen) atoms. The average Bonchev–Trinajstić information content (AvgIpc) is 3.18. The third-order valence-electron chi connectivity index (χ3n) is 7.13. The Balaban J connectivity index is 1.46. The highest BCUT2D eigenvalue weighted by atomic mass is 16.5. The Labute approximate surface area is 238 Å². The highest BCUT2D eigenvalue weighted by Gasteiger charge is 2.31. The Hall–Kier alpha value is -4.00. The molecule has 3 aromatic rings. The van der Waals surface area contributed by atoms with E-state index in [-0.39, 0.29) is 18.4 Å². The number of carbonyl (C=O) groups excluding carboxylic acids is 2. The molecule has 1 unspecified atom stereocenters. The number of rotatable bonds is 12. The van der Waals surface area contributed by atoms with Crippen molar-refractivity contribution in [3.63, 3.8) is 0 Å². The summed E-state index contributed by atoms with van der Waals surface area (Å²) in [6, 6.07) is 23.4. The standard InChI is InChI=1S/C33H41N3O4/c1-4-19-39-31-17-16-27(20-25(31)2)23-36(30-15-8-9-18-34-33(30)38)32(37)24-40-29-14-10-11-26(21-29)22-35(3)28-12-6-5-7-13-28/h5-7,10-14,16-17,20-21,30H,4,8-9,15,18-19,22-24H2,1-3H3,(H,34,38). The second kappa shape index (κ2) is 14.4. The van der Waals surface area contributed by atoms with E-state index in [0.717, 1.165) is 47.4 Å². The summed E-state index contributed by atoms with van der Waals surface area (Å²) in [6.07, 6.45) is 3.36. The second-order valence-corrected chi connectivity index (χ2v) is 10.4. The number of hydrogen-bond acceptors (Lipinski definition) is 5. The zero-order valence-electron chi connectivity index (χ0n) is 23.9. The van der Waals surface area contributed by atoms with E-state index in [1.807, 2.05) is 74.6 Å². The third-order valence-corrected chi connectivity index (χ3v) is 7.13. The van der Waals surface area contributed by atoms with Crippen molar-refractivity contribution >= 4 is 17.5 Å². The fourth-order valence-electron chi connectivity index (χ4n) is 4.98. The molecule has 1 fully saturated rings. The second-order valence-electron chi connectivity index (χ2n) is 10.4. The van der Waals surface area contributed by atoms with Gasteiger partial charge >= 0.3 is 0 Å². The molecule has 7 nitrogen and oxygen atoms in total. The number of nitrogens with zero attached hydrogens (tertiary/aromatic N) is 2. The number of benzene rings is 3. The lowest BCUT2D eigenvalue weighted by Gasteiger charge is -2.30. The maximum Gasteiger partial charge on any atom is 0.261 e. The molecule has 212 valence electrons. The molecule has 4 rings (SSSR count). The van der Waals surface area contributed by atoms with Gasteiger partial charge in [-0.15, -0.1) is 0 Å². The predicted molar refractivity (Wildman–Crippen MR) is 159 cm³/mol. The maximum absolute atomic E-state index is 13.6. The number of para-hydroxylation sites is 1. The maximum atomic E-state index is 13.6. The van der Waals surface area contributed by atoms with E-state index in [2.05, 4.69) is 29.3 Å². The Morgan fingerprint density at radius 3 is 2.52 bits per heavy atom. The van der Waals surface area contributed by atoms with Crippen molar-refractivity contribution in [2.24, 2.45) is 0 Å². The molecule has 3 aromatic carbocycles. The van der Waals surface area contributed by atoms with Crippen LogP contribution in [0.5, 0.6) is 11.5 Å². The summed E-state index contributed by atoms with van der Waals surface area (Å²) in [6.45, 7) is 6.28. The first-order valence-electron chi connectivity index (χ1n) is 14.2. The first kappa shape index (κ1) is 29.0. The summed E-state index contributed by atoms with van der Waals surface area (Å²) in [7, 11) is 2.05. The molecular weight excluding hydrogens is 502 g/mol. The number of amides is 2. The van der Waals surface area contributed by atoms with Crippen LogP contribution in [-0.4, -0.2) is 49.6 Å². The van der Waals surface area contributed by atoms with Gasteiger partial charge in [0.2, 0.25) is 5.91 Å². The zero-order valence-corrected chi connectivity index (χ0v) is 23.9. The average molecular weight is 544 g/mol. The normalized spacial score (nSPS) is 15.1. The van der Waals surface area contributed by atoms with Crippen molar-refractivity contribution < 1.29 is 19.1 Å². The van der Waals surface area contributed by atoms with Crippen LogP contribution in [0.25, 0.3) is 0 Å². The molecule has 1 heterocycles. The van der Waals surface area contributed by atoms with Crippen molar-refractivity contribution in [3.8, 4) is 11.5 Å². The predicted octanol–water partition coefficient (Wildman–Crippen LogP) is 5.50. The fraction of sp³-hybridized carbons (Fsp3) is 0.394. The molecule has 0 radical (unpaired) electrons. The molecule has 1 saturated heterocycles. The van der Waals surface area contributed by atoms with Crippen molar-refractivity contribution in [1.82, 2.24) is 10.2 Å². The molecule has 0 spiro atoms. The van der Waals surface area contributed by atoms with E-state index in [9.17, 15) is 9.59 Å². The SMILES string of the molecule is CCCOc1ccc(CN(C(=O)COc2cccc(CN(C)c3ccccc3)c2)C2CCCCNC2=O)cc1C. The number of aryl methyl sites for hydroxylation is 1. The third kappa shape index (κ3) is 8.01. The van der Waals surface area contributed by atoms with Crippen LogP contribution in [-0.2, 0) is 22.7 Å². The lowest BCUT2D eigenvalue weighted by Crippen LogP contribution is -2.49. The Morgan fingerprint density at radius 2 is 1.75 bits per heavy atom. The Bertz CT molecular complexity index is 1260. The minimum absolute atomic E-state index is 0.101. The molecular formula is C33H41N3O4. The van der Waals surface area contributed by atoms with Gasteiger partial charge in [-0.1, -0.05) is 49.4 Å². The van der Waals surface area contributed by atoms with Crippen LogP contribution in [0.3, 0.4) is 0 Å². The summed E-state index contributed by atoms with van der Waals surface area (Å²) < 4.78 is 11.8. The fourth-order valence-corrected chi connectivity index (χ4v) is 4.98. The summed E-state index contributed by atoms with van der Waals surface area (Å²) in [5.74, 6) is 1.16. The molecule has 1 aliphatic heterocycles. The Kier molecular flexibility index (Phi) is 10.4. The number of ether oxygens (including phenoxy) is 2. The molecule has 2 amide bonds. The van der Waals surface area contributed by atoms with E-state index in [1.54, 1.807) is 4.90 Å². The first-order chi connectivity index (χ1) is 19.4. The molecule has 1 N–H and O–H groups in total. The highest BCUT2D eigenvalue weighted by molar-refractivity contribution is 5.88. The molecule has 0 bridgehead atoms. The number of hydrogen-bond donors (Lipinski definition) is 1. The van der Waals surface area contributed by atoms with E-state index in [4.69, 9.17) is 9.47 Å². The van der Waals surface area contributed by atoms with Gasteiger partial charge in [0.25, 0.3) is 5.91 Å². The van der Waals surface area contributed by atoms with Gasteiger partial charge in [-0.2, -0.15) is 0 Å². The van der Waals surface area contributed by atoms with Crippen molar-refractivity contribution in [1.29, 1.82) is 0 Å². The smallest absolute Gasteiger partial charge is 0.261 e. The molecule has 1 aliphatic rings. The van der Waals surface area contributed by atoms with Crippen LogP contribution in [0.15, 0.2) is 72.8 Å². The van der Waals surface area contributed by atoms with Crippen LogP contribution in [0.4, 0.5) is 5.69 Å². The molecule has 1 atom stereocenters. The molecule has 0 aromatic heterocycles. The van der Waals surface area contributed by atoms with Gasteiger partial charge in [-0.25, -0.2) is 0 Å². The molecule has 0 saturated carbocycles. The number of nitrogens with one attached hydrogen (secondary N) is 1.